The molecule has 3 atom stereocenters. The van der Waals surface area contributed by atoms with Gasteiger partial charge in [0.05, 0.1) is 35.8 Å². The fourth-order valence-electron chi connectivity index (χ4n) is 4.70. The van der Waals surface area contributed by atoms with Crippen LogP contribution in [0, 0.1) is 28.1 Å². The zero-order valence-electron chi connectivity index (χ0n) is 16.0. The lowest BCUT2D eigenvalue weighted by Gasteiger charge is -2.34. The quantitative estimate of drug-likeness (QED) is 0.688. The van der Waals surface area contributed by atoms with Crippen molar-refractivity contribution < 1.29 is 9.53 Å². The van der Waals surface area contributed by atoms with E-state index in [1.54, 1.807) is 13.2 Å². The zero-order valence-corrected chi connectivity index (χ0v) is 17.6. The van der Waals surface area contributed by atoms with Crippen LogP contribution in [0.2, 0.25) is 0 Å². The molecule has 4 rings (SSSR count). The van der Waals surface area contributed by atoms with Crippen molar-refractivity contribution in [1.82, 2.24) is 4.90 Å². The van der Waals surface area contributed by atoms with Gasteiger partial charge in [-0.25, -0.2) is 0 Å². The largest absolute Gasteiger partial charge is 0.496 e. The Hall–Kier alpha value is -3.09. The van der Waals surface area contributed by atoms with Gasteiger partial charge in [0.25, 0.3) is 0 Å². The van der Waals surface area contributed by atoms with Gasteiger partial charge in [-0.1, -0.05) is 30.3 Å². The minimum Gasteiger partial charge on any atom is -0.496 e. The molecule has 0 bridgehead atoms. The highest BCUT2D eigenvalue weighted by molar-refractivity contribution is 9.10. The summed E-state index contributed by atoms with van der Waals surface area (Å²) in [5.41, 5.74) is 1.17. The molecule has 0 radical (unpaired) electrons. The summed E-state index contributed by atoms with van der Waals surface area (Å²) in [6, 6.07) is 16.7. The number of ketones is 1. The highest BCUT2D eigenvalue weighted by Crippen LogP contribution is 2.59. The van der Waals surface area contributed by atoms with Gasteiger partial charge in [-0.15, -0.1) is 0 Å². The van der Waals surface area contributed by atoms with Crippen LogP contribution in [-0.4, -0.2) is 23.8 Å². The molecule has 2 aliphatic rings. The summed E-state index contributed by atoms with van der Waals surface area (Å²) >= 11 is 3.49. The first-order valence-electron chi connectivity index (χ1n) is 9.19. The van der Waals surface area contributed by atoms with E-state index in [2.05, 4.69) is 28.1 Å². The maximum atomic E-state index is 12.8. The third-order valence-electron chi connectivity index (χ3n) is 5.90. The molecule has 0 amide bonds. The Kier molecular flexibility index (Phi) is 4.68. The molecule has 0 aromatic heterocycles. The smallest absolute Gasteiger partial charge is 0.177 e. The van der Waals surface area contributed by atoms with E-state index in [-0.39, 0.29) is 5.78 Å². The Bertz CT molecular complexity index is 1100. The molecule has 0 aliphatic carbocycles. The maximum absolute atomic E-state index is 12.8. The Morgan fingerprint density at radius 2 is 1.93 bits per heavy atom. The number of methoxy groups -OCH3 is 1. The van der Waals surface area contributed by atoms with Crippen LogP contribution in [0.1, 0.15) is 35.6 Å². The second-order valence-electron chi connectivity index (χ2n) is 7.31. The van der Waals surface area contributed by atoms with Crippen LogP contribution in [-0.2, 0) is 4.79 Å². The van der Waals surface area contributed by atoms with Gasteiger partial charge in [0, 0.05) is 12.1 Å². The van der Waals surface area contributed by atoms with Crippen molar-refractivity contribution in [3.8, 4) is 17.9 Å². The minimum atomic E-state index is -1.43. The number of carbonyl (C=O) groups is 1. The summed E-state index contributed by atoms with van der Waals surface area (Å²) in [6.45, 7) is 1.52. The van der Waals surface area contributed by atoms with Crippen molar-refractivity contribution in [2.45, 2.75) is 24.9 Å². The van der Waals surface area contributed by atoms with Gasteiger partial charge in [0.15, 0.2) is 11.2 Å². The van der Waals surface area contributed by atoms with Gasteiger partial charge in [-0.2, -0.15) is 10.5 Å². The van der Waals surface area contributed by atoms with Crippen molar-refractivity contribution in [3.05, 3.63) is 69.8 Å². The summed E-state index contributed by atoms with van der Waals surface area (Å²) < 4.78 is 6.03. The average Bonchev–Trinajstić information content (AvgIpc) is 3.05. The summed E-state index contributed by atoms with van der Waals surface area (Å²) in [5.74, 6) is -0.0463. The van der Waals surface area contributed by atoms with Gasteiger partial charge in [-0.05, 0) is 57.8 Å². The van der Waals surface area contributed by atoms with E-state index in [9.17, 15) is 15.3 Å². The van der Waals surface area contributed by atoms with Crippen LogP contribution in [0.3, 0.4) is 0 Å². The standard InChI is InChI=1S/C23H18BrN3O2/c1-14(28)21-20(16-7-8-19(29-2)18(24)11-16)23(12-25,13-26)22-17-6-4-3-5-15(17)9-10-27(21)22/h3-11,20-22H,1-2H3/t20-,21-,22-/m0/s1. The molecule has 2 aromatic rings. The number of carbonyl (C=O) groups excluding carboxylic acids is 1. The van der Waals surface area contributed by atoms with E-state index in [1.807, 2.05) is 53.6 Å². The minimum absolute atomic E-state index is 0.0802. The van der Waals surface area contributed by atoms with E-state index >= 15 is 0 Å². The molecule has 2 aromatic carbocycles. The number of hydrogen-bond donors (Lipinski definition) is 0. The molecule has 6 heteroatoms. The number of halogens is 1. The van der Waals surface area contributed by atoms with Gasteiger partial charge in [-0.3, -0.25) is 4.79 Å². The lowest BCUT2D eigenvalue weighted by Crippen LogP contribution is -2.36. The number of hydrogen-bond acceptors (Lipinski definition) is 5. The van der Waals surface area contributed by atoms with E-state index < -0.39 is 23.4 Å². The number of fused-ring (bicyclic) bond motifs is 3. The van der Waals surface area contributed by atoms with Gasteiger partial charge < -0.3 is 9.64 Å². The summed E-state index contributed by atoms with van der Waals surface area (Å²) in [5, 5.41) is 20.6. The second-order valence-corrected chi connectivity index (χ2v) is 8.17. The van der Waals surface area contributed by atoms with E-state index in [0.29, 0.717) is 10.2 Å². The molecule has 1 fully saturated rings. The molecular formula is C23H18BrN3O2. The van der Waals surface area contributed by atoms with Gasteiger partial charge in [0.2, 0.25) is 0 Å². The number of nitriles is 2. The van der Waals surface area contributed by atoms with Crippen molar-refractivity contribution in [2.24, 2.45) is 5.41 Å². The topological polar surface area (TPSA) is 77.1 Å². The lowest BCUT2D eigenvalue weighted by atomic mass is 9.68. The molecule has 2 aliphatic heterocycles. The molecule has 5 nitrogen and oxygen atoms in total. The number of rotatable bonds is 3. The van der Waals surface area contributed by atoms with E-state index in [4.69, 9.17) is 4.74 Å². The zero-order chi connectivity index (χ0) is 20.8. The van der Waals surface area contributed by atoms with Crippen molar-refractivity contribution in [2.75, 3.05) is 7.11 Å². The van der Waals surface area contributed by atoms with Crippen LogP contribution >= 0.6 is 15.9 Å². The number of benzene rings is 2. The Morgan fingerprint density at radius 1 is 1.21 bits per heavy atom. The predicted molar refractivity (Wildman–Crippen MR) is 112 cm³/mol. The van der Waals surface area contributed by atoms with Crippen molar-refractivity contribution in [1.29, 1.82) is 10.5 Å². The Balaban J connectivity index is 1.99. The first-order chi connectivity index (χ1) is 14.0. The average molecular weight is 448 g/mol. The summed E-state index contributed by atoms with van der Waals surface area (Å²) in [6.07, 6.45) is 3.79. The molecule has 0 spiro atoms. The SMILES string of the molecule is COc1ccc([C@H]2[C@H](C(C)=O)N3C=Cc4ccccc4[C@H]3C2(C#N)C#N)cc1Br. The van der Waals surface area contributed by atoms with Crippen molar-refractivity contribution >= 4 is 27.8 Å². The molecule has 1 saturated heterocycles. The fraction of sp³-hybridized carbons (Fsp3) is 0.261. The van der Waals surface area contributed by atoms with Gasteiger partial charge in [0.1, 0.15) is 5.75 Å². The Labute approximate surface area is 177 Å². The number of ether oxygens (including phenoxy) is 1. The van der Waals surface area contributed by atoms with Gasteiger partial charge >= 0.3 is 0 Å². The third kappa shape index (κ3) is 2.68. The first kappa shape index (κ1) is 19.2. The summed E-state index contributed by atoms with van der Waals surface area (Å²) in [4.78, 5) is 14.7. The molecule has 29 heavy (non-hydrogen) atoms. The summed E-state index contributed by atoms with van der Waals surface area (Å²) in [7, 11) is 1.57. The highest BCUT2D eigenvalue weighted by Gasteiger charge is 2.63. The van der Waals surface area contributed by atoms with Crippen LogP contribution in [0.15, 0.2) is 53.1 Å². The van der Waals surface area contributed by atoms with Crippen LogP contribution in [0.25, 0.3) is 6.08 Å². The number of Topliss-reactive ketones (excluding diaryl/α,β-unsaturated/α-hetero) is 1. The molecule has 2 heterocycles. The number of nitrogens with zero attached hydrogens (tertiary/aromatic N) is 3. The third-order valence-corrected chi connectivity index (χ3v) is 6.51. The van der Waals surface area contributed by atoms with Crippen LogP contribution in [0.4, 0.5) is 0 Å². The highest BCUT2D eigenvalue weighted by atomic mass is 79.9. The molecule has 0 N–H and O–H groups in total. The molecular weight excluding hydrogens is 430 g/mol. The lowest BCUT2D eigenvalue weighted by molar-refractivity contribution is -0.121. The predicted octanol–water partition coefficient (Wildman–Crippen LogP) is 4.57. The van der Waals surface area contributed by atoms with Crippen molar-refractivity contribution in [3.63, 3.8) is 0 Å². The monoisotopic (exact) mass is 447 g/mol. The molecule has 144 valence electrons. The molecule has 0 saturated carbocycles. The van der Waals surface area contributed by atoms with Crippen LogP contribution < -0.4 is 4.74 Å². The van der Waals surface area contributed by atoms with E-state index in [1.165, 1.54) is 6.92 Å². The van der Waals surface area contributed by atoms with E-state index in [0.717, 1.165) is 16.7 Å². The Morgan fingerprint density at radius 3 is 2.55 bits per heavy atom. The second kappa shape index (κ2) is 7.06. The maximum Gasteiger partial charge on any atom is 0.177 e. The van der Waals surface area contributed by atoms with Crippen LogP contribution in [0.5, 0.6) is 5.75 Å². The fourth-order valence-corrected chi connectivity index (χ4v) is 5.26. The normalized spacial score (nSPS) is 23.5. The molecule has 0 unspecified atom stereocenters. The first-order valence-corrected chi connectivity index (χ1v) is 9.98.